The van der Waals surface area contributed by atoms with Crippen LogP contribution in [0.5, 0.6) is 0 Å². The van der Waals surface area contributed by atoms with Gasteiger partial charge in [-0.2, -0.15) is 0 Å². The van der Waals surface area contributed by atoms with Crippen molar-refractivity contribution in [1.82, 2.24) is 10.6 Å². The summed E-state index contributed by atoms with van der Waals surface area (Å²) in [6.07, 6.45) is 3.66. The molecular weight excluding hydrogens is 405 g/mol. The number of aldehydes is 1. The van der Waals surface area contributed by atoms with Crippen LogP contribution in [0.25, 0.3) is 5.73 Å². The van der Waals surface area contributed by atoms with Gasteiger partial charge in [-0.1, -0.05) is 53.5 Å². The largest absolute Gasteiger partial charge is 1.00 e. The van der Waals surface area contributed by atoms with Crippen LogP contribution < -0.4 is 62.0 Å². The molecule has 1 saturated heterocycles. The summed E-state index contributed by atoms with van der Waals surface area (Å²) >= 11 is 0. The summed E-state index contributed by atoms with van der Waals surface area (Å²) in [6.45, 7) is 10.3. The van der Waals surface area contributed by atoms with Crippen LogP contribution in [-0.4, -0.2) is 61.0 Å². The average Bonchev–Trinajstić information content (AvgIpc) is 2.67. The number of likely N-dealkylation sites (N-methyl/N-ethyl adjacent to an activating group) is 1. The van der Waals surface area contributed by atoms with E-state index >= 15 is 0 Å². The predicted octanol–water partition coefficient (Wildman–Crippen LogP) is -0.666. The standard InChI is InChI=1S/C10H16N2O5.C4H10.C3H6NO.C2H6.K/c1-11-6(10(15)16)3-2-4-12-9(14)7-5-8(13)17-7;1-3-4-2;1-3(4)2-5;1-2;/h6-7,11H,2-5H2,1H3,(H,12,14)(H,15,16);3-4H2,1-2H3;2-4H,1H3;1-2H3;/q;;-1;;+1. The molecule has 0 spiro atoms. The van der Waals surface area contributed by atoms with E-state index in [-0.39, 0.29) is 69.7 Å². The fourth-order valence-electron chi connectivity index (χ4n) is 1.47. The first kappa shape index (κ1) is 36.0. The minimum atomic E-state index is -0.910. The maximum atomic E-state index is 11.3. The number of aliphatic carboxylic acids is 1. The van der Waals surface area contributed by atoms with Crippen molar-refractivity contribution in [3.05, 3.63) is 5.73 Å². The minimum Gasteiger partial charge on any atom is -0.669 e. The first-order chi connectivity index (χ1) is 13.2. The second-order valence-electron chi connectivity index (χ2n) is 5.72. The van der Waals surface area contributed by atoms with Crippen molar-refractivity contribution in [3.8, 4) is 0 Å². The van der Waals surface area contributed by atoms with E-state index in [0.717, 1.165) is 0 Å². The molecule has 0 aromatic carbocycles. The third-order valence-electron chi connectivity index (χ3n) is 3.24. The molecule has 3 atom stereocenters. The van der Waals surface area contributed by atoms with Crippen molar-refractivity contribution in [1.29, 1.82) is 0 Å². The quantitative estimate of drug-likeness (QED) is 0.185. The molecule has 0 aromatic rings. The SMILES string of the molecule is CC.CC([NH-])C=O.CCCC.CNC(CCCNC(=O)C1CC(=O)O1)C(=O)O.[K+]. The molecule has 4 N–H and O–H groups in total. The second kappa shape index (κ2) is 25.7. The average molecular weight is 444 g/mol. The van der Waals surface area contributed by atoms with Crippen molar-refractivity contribution in [2.75, 3.05) is 13.6 Å². The molecule has 1 fully saturated rings. The van der Waals surface area contributed by atoms with Crippen LogP contribution in [0.3, 0.4) is 0 Å². The van der Waals surface area contributed by atoms with Crippen LogP contribution in [0.1, 0.15) is 66.7 Å². The van der Waals surface area contributed by atoms with Gasteiger partial charge in [0.15, 0.2) is 6.10 Å². The van der Waals surface area contributed by atoms with Gasteiger partial charge in [-0.05, 0) is 19.9 Å². The van der Waals surface area contributed by atoms with Crippen molar-refractivity contribution in [2.45, 2.75) is 84.9 Å². The van der Waals surface area contributed by atoms with Gasteiger partial charge in [0.1, 0.15) is 12.3 Å². The molecule has 0 aliphatic carbocycles. The molecule has 1 rings (SSSR count). The monoisotopic (exact) mass is 443 g/mol. The van der Waals surface area contributed by atoms with E-state index in [4.69, 9.17) is 10.8 Å². The van der Waals surface area contributed by atoms with Gasteiger partial charge in [0, 0.05) is 6.54 Å². The Kier molecular flexibility index (Phi) is 31.9. The van der Waals surface area contributed by atoms with Gasteiger partial charge in [0.2, 0.25) is 0 Å². The zero-order chi connectivity index (χ0) is 22.5. The number of unbranched alkanes of at least 4 members (excludes halogenated alkanes) is 1. The molecule has 3 unspecified atom stereocenters. The zero-order valence-electron chi connectivity index (χ0n) is 19.0. The molecule has 166 valence electrons. The number of ether oxygens (including phenoxy) is 1. The first-order valence-electron chi connectivity index (χ1n) is 9.76. The maximum absolute atomic E-state index is 11.3. The van der Waals surface area contributed by atoms with Gasteiger partial charge in [-0.15, -0.1) is 0 Å². The fourth-order valence-corrected chi connectivity index (χ4v) is 1.47. The number of nitrogens with one attached hydrogen (secondary N) is 3. The van der Waals surface area contributed by atoms with Gasteiger partial charge in [-0.3, -0.25) is 14.4 Å². The number of esters is 1. The van der Waals surface area contributed by atoms with Crippen molar-refractivity contribution >= 4 is 24.1 Å². The third-order valence-corrected chi connectivity index (χ3v) is 3.24. The summed E-state index contributed by atoms with van der Waals surface area (Å²) in [7, 11) is 1.57. The Balaban J connectivity index is -0.000000218. The van der Waals surface area contributed by atoms with Gasteiger partial charge in [-0.25, -0.2) is 0 Å². The van der Waals surface area contributed by atoms with E-state index in [1.807, 2.05) is 13.8 Å². The molecule has 0 aromatic heterocycles. The van der Waals surface area contributed by atoms with E-state index in [1.54, 1.807) is 7.05 Å². The number of carboxylic acid groups (broad SMARTS) is 1. The summed E-state index contributed by atoms with van der Waals surface area (Å²) in [5.41, 5.74) is 6.46. The Morgan fingerprint density at radius 1 is 1.31 bits per heavy atom. The molecular formula is C19H38KN3O6. The smallest absolute Gasteiger partial charge is 0.669 e. The Morgan fingerprint density at radius 3 is 2.03 bits per heavy atom. The zero-order valence-corrected chi connectivity index (χ0v) is 22.2. The van der Waals surface area contributed by atoms with E-state index in [2.05, 4.69) is 29.2 Å². The molecule has 1 aliphatic heterocycles. The minimum absolute atomic E-state index is 0. The van der Waals surface area contributed by atoms with Crippen LogP contribution >= 0.6 is 0 Å². The Hall–Kier alpha value is -0.364. The number of amides is 1. The number of carboxylic acids is 1. The van der Waals surface area contributed by atoms with E-state index in [9.17, 15) is 19.2 Å². The number of carbonyl (C=O) groups excluding carboxylic acids is 3. The Bertz CT molecular complexity index is 426. The summed E-state index contributed by atoms with van der Waals surface area (Å²) in [4.78, 5) is 41.7. The molecule has 29 heavy (non-hydrogen) atoms. The molecule has 0 saturated carbocycles. The van der Waals surface area contributed by atoms with Gasteiger partial charge < -0.3 is 31.0 Å². The van der Waals surface area contributed by atoms with Crippen molar-refractivity contribution < 1.29 is 80.4 Å². The maximum Gasteiger partial charge on any atom is 1.00 e. The first-order valence-corrected chi connectivity index (χ1v) is 9.76. The number of hydrogen-bond acceptors (Lipinski definition) is 6. The van der Waals surface area contributed by atoms with E-state index in [1.165, 1.54) is 19.8 Å². The molecule has 1 heterocycles. The van der Waals surface area contributed by atoms with Crippen molar-refractivity contribution in [2.24, 2.45) is 0 Å². The van der Waals surface area contributed by atoms with E-state index in [0.29, 0.717) is 25.7 Å². The topological polar surface area (TPSA) is 146 Å². The summed E-state index contributed by atoms with van der Waals surface area (Å²) in [5, 5.41) is 14.0. The third kappa shape index (κ3) is 23.8. The molecule has 10 heteroatoms. The van der Waals surface area contributed by atoms with E-state index < -0.39 is 24.2 Å². The summed E-state index contributed by atoms with van der Waals surface area (Å²) in [6, 6.07) is -1.15. The molecule has 9 nitrogen and oxygen atoms in total. The predicted molar refractivity (Wildman–Crippen MR) is 109 cm³/mol. The number of rotatable bonds is 9. The molecule has 1 aliphatic rings. The van der Waals surface area contributed by atoms with Gasteiger partial charge in [0.25, 0.3) is 5.91 Å². The van der Waals surface area contributed by atoms with Crippen LogP contribution in [0.15, 0.2) is 0 Å². The Morgan fingerprint density at radius 2 is 1.76 bits per heavy atom. The van der Waals surface area contributed by atoms with Gasteiger partial charge >= 0.3 is 63.3 Å². The van der Waals surface area contributed by atoms with Crippen LogP contribution in [0.2, 0.25) is 0 Å². The fraction of sp³-hybridized carbons (Fsp3) is 0.789. The number of hydrogen-bond donors (Lipinski definition) is 3. The summed E-state index contributed by atoms with van der Waals surface area (Å²) < 4.78 is 4.58. The van der Waals surface area contributed by atoms with Crippen LogP contribution in [0.4, 0.5) is 0 Å². The number of carbonyl (C=O) groups is 4. The normalized spacial score (nSPS) is 15.4. The molecule has 0 bridgehead atoms. The van der Waals surface area contributed by atoms with Crippen LogP contribution in [-0.2, 0) is 23.9 Å². The van der Waals surface area contributed by atoms with Gasteiger partial charge in [0.05, 0.1) is 6.42 Å². The Labute approximate surface area is 217 Å². The molecule has 0 radical (unpaired) electrons. The van der Waals surface area contributed by atoms with Crippen molar-refractivity contribution in [3.63, 3.8) is 0 Å². The van der Waals surface area contributed by atoms with Crippen LogP contribution in [0, 0.1) is 0 Å². The number of cyclic esters (lactones) is 1. The molecule has 1 amide bonds. The second-order valence-corrected chi connectivity index (χ2v) is 5.72. The summed E-state index contributed by atoms with van der Waals surface area (Å²) in [5.74, 6) is -1.60.